The Morgan fingerprint density at radius 3 is 2.50 bits per heavy atom. The molecular formula is C14H15NO4S. The van der Waals surface area contributed by atoms with E-state index in [1.54, 1.807) is 6.92 Å². The van der Waals surface area contributed by atoms with Crippen molar-refractivity contribution in [2.24, 2.45) is 0 Å². The van der Waals surface area contributed by atoms with Crippen molar-refractivity contribution in [1.29, 1.82) is 0 Å². The van der Waals surface area contributed by atoms with Gasteiger partial charge in [0.1, 0.15) is 17.1 Å². The molecular weight excluding hydrogens is 278 g/mol. The molecule has 0 saturated heterocycles. The summed E-state index contributed by atoms with van der Waals surface area (Å²) in [7, 11) is 0. The number of amides is 1. The molecule has 0 aliphatic rings. The van der Waals surface area contributed by atoms with Gasteiger partial charge in [0.05, 0.1) is 12.1 Å². The minimum atomic E-state index is -1.03. The standard InChI is InChI=1S/C14H15NO4S/c1-7-9(3)20-6-12(7)13(16)15-5-10-4-11(14(17)18)8(2)19-10/h4,6H,5H2,1-3H3,(H,15,16)(H,17,18). The van der Waals surface area contributed by atoms with E-state index in [0.29, 0.717) is 17.1 Å². The fraction of sp³-hybridized carbons (Fsp3) is 0.286. The zero-order chi connectivity index (χ0) is 14.9. The van der Waals surface area contributed by atoms with Gasteiger partial charge in [0.15, 0.2) is 0 Å². The van der Waals surface area contributed by atoms with Crippen LogP contribution < -0.4 is 5.32 Å². The molecule has 0 unspecified atom stereocenters. The van der Waals surface area contributed by atoms with E-state index in [1.165, 1.54) is 17.4 Å². The van der Waals surface area contributed by atoms with E-state index in [2.05, 4.69) is 5.32 Å². The molecule has 0 radical (unpaired) electrons. The van der Waals surface area contributed by atoms with E-state index in [0.717, 1.165) is 10.4 Å². The molecule has 0 bridgehead atoms. The first-order valence-electron chi connectivity index (χ1n) is 6.05. The lowest BCUT2D eigenvalue weighted by Crippen LogP contribution is -2.22. The molecule has 2 N–H and O–H groups in total. The quantitative estimate of drug-likeness (QED) is 0.908. The van der Waals surface area contributed by atoms with Crippen LogP contribution in [0, 0.1) is 20.8 Å². The Balaban J connectivity index is 2.05. The molecule has 0 aliphatic heterocycles. The van der Waals surface area contributed by atoms with Gasteiger partial charge in [-0.05, 0) is 32.4 Å². The maximum absolute atomic E-state index is 12.0. The van der Waals surface area contributed by atoms with Crippen LogP contribution in [0.4, 0.5) is 0 Å². The SMILES string of the molecule is Cc1oc(CNC(=O)c2csc(C)c2C)cc1C(=O)O. The van der Waals surface area contributed by atoms with Crippen LogP contribution in [0.15, 0.2) is 15.9 Å². The van der Waals surface area contributed by atoms with Gasteiger partial charge in [0, 0.05) is 10.3 Å². The third-order valence-electron chi connectivity index (χ3n) is 3.15. The van der Waals surface area contributed by atoms with E-state index in [1.807, 2.05) is 19.2 Å². The van der Waals surface area contributed by atoms with Crippen LogP contribution >= 0.6 is 11.3 Å². The molecule has 6 heteroatoms. The molecule has 2 heterocycles. The maximum Gasteiger partial charge on any atom is 0.339 e. The van der Waals surface area contributed by atoms with Crippen LogP contribution in [0.3, 0.4) is 0 Å². The van der Waals surface area contributed by atoms with Gasteiger partial charge in [0.25, 0.3) is 5.91 Å². The van der Waals surface area contributed by atoms with E-state index in [-0.39, 0.29) is 18.0 Å². The van der Waals surface area contributed by atoms with Crippen molar-refractivity contribution in [3.8, 4) is 0 Å². The summed E-state index contributed by atoms with van der Waals surface area (Å²) < 4.78 is 5.30. The van der Waals surface area contributed by atoms with E-state index < -0.39 is 5.97 Å². The van der Waals surface area contributed by atoms with Crippen LogP contribution in [0.2, 0.25) is 0 Å². The minimum Gasteiger partial charge on any atom is -0.478 e. The van der Waals surface area contributed by atoms with Gasteiger partial charge >= 0.3 is 5.97 Å². The summed E-state index contributed by atoms with van der Waals surface area (Å²) in [5.74, 6) is -0.451. The Labute approximate surface area is 120 Å². The highest BCUT2D eigenvalue weighted by atomic mass is 32.1. The average molecular weight is 293 g/mol. The summed E-state index contributed by atoms with van der Waals surface area (Å²) in [6.07, 6.45) is 0. The third kappa shape index (κ3) is 2.75. The number of carbonyl (C=O) groups excluding carboxylic acids is 1. The summed E-state index contributed by atoms with van der Waals surface area (Å²) in [6.45, 7) is 5.62. The number of furan rings is 1. The molecule has 0 aliphatic carbocycles. The molecule has 0 atom stereocenters. The zero-order valence-electron chi connectivity index (χ0n) is 11.4. The van der Waals surface area contributed by atoms with Crippen molar-refractivity contribution >= 4 is 23.2 Å². The van der Waals surface area contributed by atoms with Gasteiger partial charge in [-0.1, -0.05) is 0 Å². The van der Waals surface area contributed by atoms with E-state index >= 15 is 0 Å². The van der Waals surface area contributed by atoms with Crippen LogP contribution in [0.5, 0.6) is 0 Å². The lowest BCUT2D eigenvalue weighted by molar-refractivity contribution is 0.0694. The van der Waals surface area contributed by atoms with E-state index in [9.17, 15) is 9.59 Å². The molecule has 2 aromatic heterocycles. The fourth-order valence-corrected chi connectivity index (χ4v) is 2.71. The van der Waals surface area contributed by atoms with Crippen LogP contribution in [0.1, 0.15) is 42.7 Å². The second-order valence-electron chi connectivity index (χ2n) is 4.50. The minimum absolute atomic E-state index is 0.122. The van der Waals surface area contributed by atoms with Gasteiger partial charge < -0.3 is 14.8 Å². The lowest BCUT2D eigenvalue weighted by atomic mass is 10.1. The first kappa shape index (κ1) is 14.3. The monoisotopic (exact) mass is 293 g/mol. The molecule has 0 aromatic carbocycles. The molecule has 2 aromatic rings. The Morgan fingerprint density at radius 2 is 2.00 bits per heavy atom. The number of carbonyl (C=O) groups is 2. The highest BCUT2D eigenvalue weighted by molar-refractivity contribution is 7.10. The maximum atomic E-state index is 12.0. The van der Waals surface area contributed by atoms with Crippen LogP contribution in [0.25, 0.3) is 0 Å². The summed E-state index contributed by atoms with van der Waals surface area (Å²) in [5.41, 5.74) is 1.74. The lowest BCUT2D eigenvalue weighted by Gasteiger charge is -2.02. The number of hydrogen-bond acceptors (Lipinski definition) is 4. The van der Waals surface area contributed by atoms with E-state index in [4.69, 9.17) is 9.52 Å². The zero-order valence-corrected chi connectivity index (χ0v) is 12.3. The van der Waals surface area contributed by atoms with Crippen molar-refractivity contribution in [2.45, 2.75) is 27.3 Å². The predicted octanol–water partition coefficient (Wildman–Crippen LogP) is 2.89. The largest absolute Gasteiger partial charge is 0.478 e. The number of carboxylic acids is 1. The Bertz CT molecular complexity index is 669. The number of thiophene rings is 1. The van der Waals surface area contributed by atoms with Crippen molar-refractivity contribution in [3.05, 3.63) is 44.5 Å². The van der Waals surface area contributed by atoms with Gasteiger partial charge in [-0.3, -0.25) is 4.79 Å². The number of aryl methyl sites for hydroxylation is 2. The summed E-state index contributed by atoms with van der Waals surface area (Å²) in [6, 6.07) is 1.43. The van der Waals surface area contributed by atoms with Gasteiger partial charge in [-0.15, -0.1) is 11.3 Å². The Morgan fingerprint density at radius 1 is 1.30 bits per heavy atom. The molecule has 0 saturated carbocycles. The first-order valence-corrected chi connectivity index (χ1v) is 6.93. The normalized spacial score (nSPS) is 10.6. The molecule has 1 amide bonds. The topological polar surface area (TPSA) is 79.5 Å². The second kappa shape index (κ2) is 5.50. The Kier molecular flexibility index (Phi) is 3.94. The number of aromatic carboxylic acids is 1. The molecule has 0 spiro atoms. The Hall–Kier alpha value is -2.08. The highest BCUT2D eigenvalue weighted by Gasteiger charge is 2.16. The highest BCUT2D eigenvalue weighted by Crippen LogP contribution is 2.20. The second-order valence-corrected chi connectivity index (χ2v) is 5.58. The molecule has 20 heavy (non-hydrogen) atoms. The summed E-state index contributed by atoms with van der Waals surface area (Å²) in [5, 5.41) is 13.5. The smallest absolute Gasteiger partial charge is 0.339 e. The summed E-state index contributed by atoms with van der Waals surface area (Å²) in [4.78, 5) is 24.0. The molecule has 0 fully saturated rings. The van der Waals surface area contributed by atoms with Crippen LogP contribution in [-0.2, 0) is 6.54 Å². The molecule has 5 nitrogen and oxygen atoms in total. The van der Waals surface area contributed by atoms with Gasteiger partial charge in [-0.2, -0.15) is 0 Å². The predicted molar refractivity (Wildman–Crippen MR) is 75.4 cm³/mol. The van der Waals surface area contributed by atoms with Crippen molar-refractivity contribution in [1.82, 2.24) is 5.32 Å². The van der Waals surface area contributed by atoms with Gasteiger partial charge in [0.2, 0.25) is 0 Å². The average Bonchev–Trinajstić information content (AvgIpc) is 2.91. The van der Waals surface area contributed by atoms with Crippen molar-refractivity contribution in [2.75, 3.05) is 0 Å². The number of carboxylic acid groups (broad SMARTS) is 1. The van der Waals surface area contributed by atoms with Crippen LogP contribution in [-0.4, -0.2) is 17.0 Å². The third-order valence-corrected chi connectivity index (χ3v) is 4.17. The van der Waals surface area contributed by atoms with Crippen molar-refractivity contribution in [3.63, 3.8) is 0 Å². The first-order chi connectivity index (χ1) is 9.40. The number of nitrogens with one attached hydrogen (secondary N) is 1. The fourth-order valence-electron chi connectivity index (χ4n) is 1.84. The summed E-state index contributed by atoms with van der Waals surface area (Å²) >= 11 is 1.53. The molecule has 106 valence electrons. The number of hydrogen-bond donors (Lipinski definition) is 2. The number of rotatable bonds is 4. The van der Waals surface area contributed by atoms with Crippen molar-refractivity contribution < 1.29 is 19.1 Å². The van der Waals surface area contributed by atoms with Gasteiger partial charge in [-0.25, -0.2) is 4.79 Å². The molecule has 2 rings (SSSR count).